The van der Waals surface area contributed by atoms with Gasteiger partial charge in [0.15, 0.2) is 5.78 Å². The van der Waals surface area contributed by atoms with Crippen LogP contribution in [-0.2, 0) is 18.0 Å². The lowest BCUT2D eigenvalue weighted by Crippen LogP contribution is -2.03. The molecule has 0 N–H and O–H groups in total. The molecular formula is C16H13ClO2. The molecule has 0 radical (unpaired) electrons. The van der Waals surface area contributed by atoms with Gasteiger partial charge in [0.1, 0.15) is 0 Å². The van der Waals surface area contributed by atoms with Crippen LogP contribution in [0.3, 0.4) is 0 Å². The number of carbonyl (C=O) groups excluding carboxylic acids is 1. The number of halogens is 1. The zero-order chi connectivity index (χ0) is 13.4. The molecule has 3 rings (SSSR count). The lowest BCUT2D eigenvalue weighted by molar-refractivity contribution is 0.103. The van der Waals surface area contributed by atoms with E-state index in [1.807, 2.05) is 37.3 Å². The summed E-state index contributed by atoms with van der Waals surface area (Å²) in [5.74, 6) is -0.0419. The third-order valence-corrected chi connectivity index (χ3v) is 3.67. The molecule has 0 spiro atoms. The van der Waals surface area contributed by atoms with E-state index < -0.39 is 0 Å². The Morgan fingerprint density at radius 1 is 1.11 bits per heavy atom. The van der Waals surface area contributed by atoms with Crippen molar-refractivity contribution in [2.75, 3.05) is 0 Å². The molecule has 3 heteroatoms. The molecule has 2 aromatic rings. The monoisotopic (exact) mass is 272 g/mol. The van der Waals surface area contributed by atoms with Crippen LogP contribution in [0.4, 0.5) is 0 Å². The minimum atomic E-state index is -0.0419. The molecule has 2 aromatic carbocycles. The number of rotatable bonds is 2. The van der Waals surface area contributed by atoms with Gasteiger partial charge in [-0.15, -0.1) is 0 Å². The van der Waals surface area contributed by atoms with Crippen LogP contribution in [0.15, 0.2) is 36.4 Å². The van der Waals surface area contributed by atoms with Gasteiger partial charge < -0.3 is 4.74 Å². The topological polar surface area (TPSA) is 26.3 Å². The summed E-state index contributed by atoms with van der Waals surface area (Å²) in [4.78, 5) is 12.5. The summed E-state index contributed by atoms with van der Waals surface area (Å²) in [6.45, 7) is 3.17. The molecule has 2 nitrogen and oxygen atoms in total. The van der Waals surface area contributed by atoms with Crippen molar-refractivity contribution < 1.29 is 9.53 Å². The molecule has 1 aliphatic heterocycles. The number of aryl methyl sites for hydroxylation is 1. The number of ketones is 1. The lowest BCUT2D eigenvalue weighted by atomic mass is 9.99. The minimum Gasteiger partial charge on any atom is -0.372 e. The zero-order valence-electron chi connectivity index (χ0n) is 10.6. The van der Waals surface area contributed by atoms with Gasteiger partial charge in [-0.1, -0.05) is 29.8 Å². The van der Waals surface area contributed by atoms with Crippen molar-refractivity contribution in [3.8, 4) is 0 Å². The van der Waals surface area contributed by atoms with Crippen molar-refractivity contribution in [3.05, 3.63) is 69.2 Å². The molecule has 0 unspecified atom stereocenters. The predicted molar refractivity (Wildman–Crippen MR) is 74.6 cm³/mol. The second-order valence-electron chi connectivity index (χ2n) is 4.79. The highest BCUT2D eigenvalue weighted by Gasteiger charge is 2.17. The number of benzene rings is 2. The van der Waals surface area contributed by atoms with Crippen LogP contribution in [0, 0.1) is 6.92 Å². The van der Waals surface area contributed by atoms with Gasteiger partial charge >= 0.3 is 0 Å². The molecule has 1 aliphatic rings. The van der Waals surface area contributed by atoms with Crippen LogP contribution in [0.1, 0.15) is 32.6 Å². The molecule has 0 aliphatic carbocycles. The first-order chi connectivity index (χ1) is 9.15. The molecule has 0 atom stereocenters. The van der Waals surface area contributed by atoms with Crippen molar-refractivity contribution in [1.29, 1.82) is 0 Å². The highest BCUT2D eigenvalue weighted by molar-refractivity contribution is 6.35. The number of carbonyl (C=O) groups is 1. The largest absolute Gasteiger partial charge is 0.372 e. The third kappa shape index (κ3) is 2.29. The Balaban J connectivity index is 2.00. The number of ether oxygens (including phenoxy) is 1. The summed E-state index contributed by atoms with van der Waals surface area (Å²) >= 11 is 6.15. The van der Waals surface area contributed by atoms with Gasteiger partial charge in [-0.25, -0.2) is 0 Å². The molecule has 19 heavy (non-hydrogen) atoms. The Bertz CT molecular complexity index is 662. The average molecular weight is 273 g/mol. The highest BCUT2D eigenvalue weighted by atomic mass is 35.5. The molecule has 0 fully saturated rings. The fraction of sp³-hybridized carbons (Fsp3) is 0.188. The SMILES string of the molecule is Cc1ccc(C(=O)c2ccc3c(c2)COC3)c(Cl)c1. The van der Waals surface area contributed by atoms with E-state index >= 15 is 0 Å². The Hall–Kier alpha value is -1.64. The predicted octanol–water partition coefficient (Wildman–Crippen LogP) is 3.91. The first-order valence-corrected chi connectivity index (χ1v) is 6.53. The molecule has 0 saturated heterocycles. The van der Waals surface area contributed by atoms with Crippen LogP contribution in [0.5, 0.6) is 0 Å². The molecule has 0 amide bonds. The molecule has 96 valence electrons. The maximum atomic E-state index is 12.5. The van der Waals surface area contributed by atoms with Gasteiger partial charge in [0.05, 0.1) is 18.2 Å². The first-order valence-electron chi connectivity index (χ1n) is 6.15. The van der Waals surface area contributed by atoms with Crippen molar-refractivity contribution in [3.63, 3.8) is 0 Å². The highest BCUT2D eigenvalue weighted by Crippen LogP contribution is 2.25. The van der Waals surface area contributed by atoms with E-state index in [-0.39, 0.29) is 5.78 Å². The fourth-order valence-electron chi connectivity index (χ4n) is 2.27. The van der Waals surface area contributed by atoms with Crippen molar-refractivity contribution in [2.24, 2.45) is 0 Å². The van der Waals surface area contributed by atoms with E-state index in [2.05, 4.69) is 0 Å². The lowest BCUT2D eigenvalue weighted by Gasteiger charge is -2.06. The quantitative estimate of drug-likeness (QED) is 0.775. The van der Waals surface area contributed by atoms with Crippen molar-refractivity contribution in [2.45, 2.75) is 20.1 Å². The second-order valence-corrected chi connectivity index (χ2v) is 5.20. The zero-order valence-corrected chi connectivity index (χ0v) is 11.3. The average Bonchev–Trinajstić information content (AvgIpc) is 2.85. The third-order valence-electron chi connectivity index (χ3n) is 3.35. The normalized spacial score (nSPS) is 13.4. The maximum absolute atomic E-state index is 12.5. The molecule has 1 heterocycles. The molecule has 0 bridgehead atoms. The van der Waals surface area contributed by atoms with Gasteiger partial charge in [0.2, 0.25) is 0 Å². The summed E-state index contributed by atoms with van der Waals surface area (Å²) in [5, 5.41) is 0.502. The van der Waals surface area contributed by atoms with Gasteiger partial charge in [0.25, 0.3) is 0 Å². The first kappa shape index (κ1) is 12.4. The summed E-state index contributed by atoms with van der Waals surface area (Å²) < 4.78 is 5.36. The summed E-state index contributed by atoms with van der Waals surface area (Å²) in [5.41, 5.74) is 4.51. The van der Waals surface area contributed by atoms with Crippen LogP contribution < -0.4 is 0 Å². The fourth-order valence-corrected chi connectivity index (χ4v) is 2.59. The Morgan fingerprint density at radius 3 is 2.68 bits per heavy atom. The van der Waals surface area contributed by atoms with Crippen LogP contribution in [0.2, 0.25) is 5.02 Å². The van der Waals surface area contributed by atoms with Gasteiger partial charge in [-0.05, 0) is 41.8 Å². The number of fused-ring (bicyclic) bond motifs is 1. The van der Waals surface area contributed by atoms with E-state index in [1.165, 1.54) is 0 Å². The minimum absolute atomic E-state index is 0.0419. The van der Waals surface area contributed by atoms with Gasteiger partial charge in [-0.2, -0.15) is 0 Å². The van der Waals surface area contributed by atoms with Gasteiger partial charge in [-0.3, -0.25) is 4.79 Å². The summed E-state index contributed by atoms with van der Waals surface area (Å²) in [7, 11) is 0. The van der Waals surface area contributed by atoms with Crippen molar-refractivity contribution in [1.82, 2.24) is 0 Å². The Morgan fingerprint density at radius 2 is 1.89 bits per heavy atom. The standard InChI is InChI=1S/C16H13ClO2/c1-10-2-5-14(15(17)6-10)16(18)11-3-4-12-8-19-9-13(12)7-11/h2-7H,8-9H2,1H3. The molecular weight excluding hydrogens is 260 g/mol. The van der Waals surface area contributed by atoms with Crippen LogP contribution in [0.25, 0.3) is 0 Å². The van der Waals surface area contributed by atoms with E-state index in [0.29, 0.717) is 29.4 Å². The van der Waals surface area contributed by atoms with Crippen molar-refractivity contribution >= 4 is 17.4 Å². The molecule has 0 aromatic heterocycles. The van der Waals surface area contributed by atoms with E-state index in [4.69, 9.17) is 16.3 Å². The summed E-state index contributed by atoms with van der Waals surface area (Å²) in [6.07, 6.45) is 0. The van der Waals surface area contributed by atoms with Crippen LogP contribution in [-0.4, -0.2) is 5.78 Å². The Labute approximate surface area is 117 Å². The second kappa shape index (κ2) is 4.80. The van der Waals surface area contributed by atoms with Crippen LogP contribution >= 0.6 is 11.6 Å². The molecule has 0 saturated carbocycles. The smallest absolute Gasteiger partial charge is 0.194 e. The van der Waals surface area contributed by atoms with E-state index in [1.54, 1.807) is 6.07 Å². The van der Waals surface area contributed by atoms with Gasteiger partial charge in [0, 0.05) is 11.1 Å². The maximum Gasteiger partial charge on any atom is 0.194 e. The van der Waals surface area contributed by atoms with E-state index in [9.17, 15) is 4.79 Å². The number of hydrogen-bond donors (Lipinski definition) is 0. The van der Waals surface area contributed by atoms with E-state index in [0.717, 1.165) is 16.7 Å². The Kier molecular flexibility index (Phi) is 3.13. The summed E-state index contributed by atoms with van der Waals surface area (Å²) in [6, 6.07) is 11.2. The number of hydrogen-bond acceptors (Lipinski definition) is 2.